The minimum absolute atomic E-state index is 0.0492. The van der Waals surface area contributed by atoms with E-state index in [1.807, 2.05) is 18.3 Å². The molecule has 2 aromatic heterocycles. The number of nitrogens with zero attached hydrogens (tertiary/aromatic N) is 3. The lowest BCUT2D eigenvalue weighted by molar-refractivity contribution is 0.0842. The number of pyridine rings is 1. The van der Waals surface area contributed by atoms with Crippen LogP contribution in [0, 0.1) is 0 Å². The van der Waals surface area contributed by atoms with Crippen LogP contribution < -0.4 is 5.32 Å². The molecule has 0 saturated carbocycles. The maximum Gasteiger partial charge on any atom is 0.170 e. The summed E-state index contributed by atoms with van der Waals surface area (Å²) in [5.74, 6) is 0. The van der Waals surface area contributed by atoms with E-state index in [2.05, 4.69) is 58.1 Å². The van der Waals surface area contributed by atoms with Crippen molar-refractivity contribution in [3.63, 3.8) is 0 Å². The molecule has 0 aromatic carbocycles. The van der Waals surface area contributed by atoms with E-state index in [1.165, 1.54) is 5.56 Å². The van der Waals surface area contributed by atoms with Crippen LogP contribution in [0.3, 0.4) is 0 Å². The number of aromatic nitrogens is 2. The van der Waals surface area contributed by atoms with Crippen LogP contribution >= 0.6 is 12.2 Å². The molecule has 0 bridgehead atoms. The quantitative estimate of drug-likeness (QED) is 0.815. The largest absolute Gasteiger partial charge is 0.376 e. The Bertz CT molecular complexity index is 754. The van der Waals surface area contributed by atoms with Gasteiger partial charge >= 0.3 is 0 Å². The minimum Gasteiger partial charge on any atom is -0.376 e. The lowest BCUT2D eigenvalue weighted by Gasteiger charge is -2.29. The SMILES string of the molecule is CC(C)n1ccc([C@@H]2[C@H](c3ccccn3)NC(=S)N2C[C@@H]2CCCO2)c1. The van der Waals surface area contributed by atoms with Gasteiger partial charge in [0.15, 0.2) is 5.11 Å². The van der Waals surface area contributed by atoms with E-state index in [0.29, 0.717) is 6.04 Å². The summed E-state index contributed by atoms with van der Waals surface area (Å²) in [6, 6.07) is 8.87. The zero-order valence-electron chi connectivity index (χ0n) is 15.3. The van der Waals surface area contributed by atoms with Crippen molar-refractivity contribution in [2.24, 2.45) is 0 Å². The topological polar surface area (TPSA) is 42.3 Å². The fourth-order valence-electron chi connectivity index (χ4n) is 3.90. The first-order chi connectivity index (χ1) is 12.6. The van der Waals surface area contributed by atoms with Gasteiger partial charge in [-0.25, -0.2) is 0 Å². The van der Waals surface area contributed by atoms with Gasteiger partial charge in [0.1, 0.15) is 0 Å². The van der Waals surface area contributed by atoms with Crippen molar-refractivity contribution in [1.82, 2.24) is 19.8 Å². The molecule has 138 valence electrons. The van der Waals surface area contributed by atoms with Gasteiger partial charge in [-0.05, 0) is 62.7 Å². The van der Waals surface area contributed by atoms with Crippen molar-refractivity contribution in [1.29, 1.82) is 0 Å². The van der Waals surface area contributed by atoms with Gasteiger partial charge in [0.25, 0.3) is 0 Å². The summed E-state index contributed by atoms with van der Waals surface area (Å²) in [7, 11) is 0. The highest BCUT2D eigenvalue weighted by Gasteiger charge is 2.41. The van der Waals surface area contributed by atoms with E-state index >= 15 is 0 Å². The molecule has 4 heterocycles. The van der Waals surface area contributed by atoms with E-state index in [9.17, 15) is 0 Å². The molecule has 2 aliphatic heterocycles. The molecule has 26 heavy (non-hydrogen) atoms. The highest BCUT2D eigenvalue weighted by Crippen LogP contribution is 2.39. The van der Waals surface area contributed by atoms with Gasteiger partial charge in [-0.15, -0.1) is 0 Å². The number of thiocarbonyl (C=S) groups is 1. The third kappa shape index (κ3) is 3.35. The molecule has 3 atom stereocenters. The van der Waals surface area contributed by atoms with E-state index in [-0.39, 0.29) is 18.2 Å². The predicted molar refractivity (Wildman–Crippen MR) is 106 cm³/mol. The Labute approximate surface area is 160 Å². The van der Waals surface area contributed by atoms with Gasteiger partial charge in [-0.1, -0.05) is 6.07 Å². The molecule has 0 unspecified atom stereocenters. The number of hydrogen-bond donors (Lipinski definition) is 1. The third-order valence-corrected chi connectivity index (χ3v) is 5.65. The van der Waals surface area contributed by atoms with Crippen molar-refractivity contribution in [3.05, 3.63) is 54.1 Å². The third-order valence-electron chi connectivity index (χ3n) is 5.30. The van der Waals surface area contributed by atoms with Crippen molar-refractivity contribution in [2.45, 2.75) is 50.9 Å². The van der Waals surface area contributed by atoms with Gasteiger partial charge in [0, 0.05) is 37.8 Å². The van der Waals surface area contributed by atoms with Gasteiger partial charge in [-0.3, -0.25) is 4.98 Å². The van der Waals surface area contributed by atoms with Crippen LogP contribution in [0.2, 0.25) is 0 Å². The highest BCUT2D eigenvalue weighted by molar-refractivity contribution is 7.80. The first kappa shape index (κ1) is 17.5. The molecule has 2 aromatic rings. The molecule has 6 heteroatoms. The summed E-state index contributed by atoms with van der Waals surface area (Å²) in [4.78, 5) is 6.89. The molecule has 4 rings (SSSR count). The fourth-order valence-corrected chi connectivity index (χ4v) is 4.21. The maximum absolute atomic E-state index is 5.88. The van der Waals surface area contributed by atoms with Crippen LogP contribution in [0.4, 0.5) is 0 Å². The van der Waals surface area contributed by atoms with Gasteiger partial charge in [0.2, 0.25) is 0 Å². The molecule has 2 fully saturated rings. The van der Waals surface area contributed by atoms with Gasteiger partial charge < -0.3 is 19.5 Å². The van der Waals surface area contributed by atoms with Crippen molar-refractivity contribution < 1.29 is 4.74 Å². The average molecular weight is 371 g/mol. The summed E-state index contributed by atoms with van der Waals surface area (Å²) >= 11 is 5.71. The van der Waals surface area contributed by atoms with Crippen LogP contribution in [0.25, 0.3) is 0 Å². The van der Waals surface area contributed by atoms with E-state index < -0.39 is 0 Å². The van der Waals surface area contributed by atoms with Crippen molar-refractivity contribution in [2.75, 3.05) is 13.2 Å². The molecular formula is C20H26N4OS. The summed E-state index contributed by atoms with van der Waals surface area (Å²) in [5.41, 5.74) is 2.28. The Morgan fingerprint density at radius 2 is 2.23 bits per heavy atom. The van der Waals surface area contributed by atoms with E-state index in [1.54, 1.807) is 0 Å². The summed E-state index contributed by atoms with van der Waals surface area (Å²) < 4.78 is 8.13. The van der Waals surface area contributed by atoms with Crippen molar-refractivity contribution >= 4 is 17.3 Å². The maximum atomic E-state index is 5.88. The fraction of sp³-hybridized carbons (Fsp3) is 0.500. The molecule has 0 spiro atoms. The van der Waals surface area contributed by atoms with Crippen molar-refractivity contribution in [3.8, 4) is 0 Å². The second-order valence-corrected chi connectivity index (χ2v) is 7.79. The first-order valence-corrected chi connectivity index (χ1v) is 9.81. The Kier molecular flexibility index (Phi) is 4.96. The Morgan fingerprint density at radius 3 is 2.88 bits per heavy atom. The Balaban J connectivity index is 1.68. The predicted octanol–water partition coefficient (Wildman–Crippen LogP) is 3.62. The molecule has 0 aliphatic carbocycles. The van der Waals surface area contributed by atoms with E-state index in [4.69, 9.17) is 17.0 Å². The first-order valence-electron chi connectivity index (χ1n) is 9.40. The number of ether oxygens (including phenoxy) is 1. The normalized spacial score (nSPS) is 25.9. The number of hydrogen-bond acceptors (Lipinski definition) is 3. The molecule has 1 N–H and O–H groups in total. The monoisotopic (exact) mass is 370 g/mol. The molecule has 0 radical (unpaired) electrons. The zero-order valence-corrected chi connectivity index (χ0v) is 16.2. The zero-order chi connectivity index (χ0) is 18.1. The Morgan fingerprint density at radius 1 is 1.35 bits per heavy atom. The smallest absolute Gasteiger partial charge is 0.170 e. The van der Waals surface area contributed by atoms with Crippen LogP contribution in [0.15, 0.2) is 42.9 Å². The van der Waals surface area contributed by atoms with E-state index in [0.717, 1.165) is 36.8 Å². The minimum atomic E-state index is 0.0492. The molecule has 2 aliphatic rings. The second kappa shape index (κ2) is 7.37. The number of nitrogens with one attached hydrogen (secondary N) is 1. The number of rotatable bonds is 5. The molecule has 5 nitrogen and oxygen atoms in total. The van der Waals surface area contributed by atoms with Crippen LogP contribution in [-0.4, -0.2) is 38.8 Å². The summed E-state index contributed by atoms with van der Waals surface area (Å²) in [6.07, 6.45) is 8.74. The molecular weight excluding hydrogens is 344 g/mol. The van der Waals surface area contributed by atoms with Gasteiger partial charge in [-0.2, -0.15) is 0 Å². The Hall–Kier alpha value is -1.92. The summed E-state index contributed by atoms with van der Waals surface area (Å²) in [5, 5.41) is 4.30. The lowest BCUT2D eigenvalue weighted by atomic mass is 9.99. The van der Waals surface area contributed by atoms with Crippen LogP contribution in [0.1, 0.15) is 56.1 Å². The highest BCUT2D eigenvalue weighted by atomic mass is 32.1. The summed E-state index contributed by atoms with van der Waals surface area (Å²) in [6.45, 7) is 6.08. The van der Waals surface area contributed by atoms with Gasteiger partial charge in [0.05, 0.1) is 23.9 Å². The standard InChI is InChI=1S/C20H26N4OS/c1-14(2)23-10-8-15(12-23)19-18(17-7-3-4-9-21-17)22-20(26)24(19)13-16-6-5-11-25-16/h3-4,7-10,12,14,16,18-19H,5-6,11,13H2,1-2H3,(H,22,26)/t16-,18-,19+/m0/s1. The second-order valence-electron chi connectivity index (χ2n) is 7.40. The lowest BCUT2D eigenvalue weighted by Crippen LogP contribution is -2.36. The average Bonchev–Trinajstić information content (AvgIpc) is 3.37. The molecule has 2 saturated heterocycles. The molecule has 0 amide bonds. The van der Waals surface area contributed by atoms with Crippen LogP contribution in [0.5, 0.6) is 0 Å². The van der Waals surface area contributed by atoms with Crippen LogP contribution in [-0.2, 0) is 4.74 Å².